The van der Waals surface area contributed by atoms with E-state index in [2.05, 4.69) is 5.32 Å². The zero-order valence-electron chi connectivity index (χ0n) is 18.5. The number of hydrogen-bond donors (Lipinski definition) is 1. The fourth-order valence-corrected chi connectivity index (χ4v) is 4.82. The van der Waals surface area contributed by atoms with Gasteiger partial charge < -0.3 is 10.1 Å². The lowest BCUT2D eigenvalue weighted by Crippen LogP contribution is -2.41. The van der Waals surface area contributed by atoms with E-state index in [1.54, 1.807) is 0 Å². The summed E-state index contributed by atoms with van der Waals surface area (Å²) in [5.41, 5.74) is -0.561. The number of halogens is 4. The van der Waals surface area contributed by atoms with Gasteiger partial charge in [0.1, 0.15) is 22.9 Å². The lowest BCUT2D eigenvalue weighted by atomic mass is 9.90. The number of piperidine rings is 1. The van der Waals surface area contributed by atoms with Crippen molar-refractivity contribution >= 4 is 5.91 Å². The van der Waals surface area contributed by atoms with E-state index < -0.39 is 29.0 Å². The van der Waals surface area contributed by atoms with E-state index in [9.17, 15) is 22.4 Å². The number of nitrogens with one attached hydrogen (secondary N) is 1. The van der Waals surface area contributed by atoms with Crippen molar-refractivity contribution in [1.82, 2.24) is 10.2 Å². The Morgan fingerprint density at radius 3 is 2.41 bits per heavy atom. The molecule has 1 aliphatic heterocycles. The van der Waals surface area contributed by atoms with Gasteiger partial charge >= 0.3 is 0 Å². The van der Waals surface area contributed by atoms with Crippen LogP contribution in [0.15, 0.2) is 12.1 Å². The van der Waals surface area contributed by atoms with E-state index in [0.717, 1.165) is 63.7 Å². The number of rotatable bonds is 10. The number of ether oxygens (including phenoxy) is 1. The molecule has 178 valence electrons. The molecule has 32 heavy (non-hydrogen) atoms. The van der Waals surface area contributed by atoms with E-state index in [1.807, 2.05) is 4.90 Å². The Morgan fingerprint density at radius 2 is 1.81 bits per heavy atom. The molecular formula is C24H32F4N2O2. The van der Waals surface area contributed by atoms with Crippen LogP contribution in [0.25, 0.3) is 0 Å². The summed E-state index contributed by atoms with van der Waals surface area (Å²) in [6.45, 7) is 3.17. The number of nitrogens with zero attached hydrogens (tertiary/aromatic N) is 1. The van der Waals surface area contributed by atoms with Crippen molar-refractivity contribution in [1.29, 1.82) is 0 Å². The lowest BCUT2D eigenvalue weighted by Gasteiger charge is -2.34. The van der Waals surface area contributed by atoms with Crippen LogP contribution >= 0.6 is 0 Å². The van der Waals surface area contributed by atoms with E-state index >= 15 is 0 Å². The average Bonchev–Trinajstić information content (AvgIpc) is 3.65. The van der Waals surface area contributed by atoms with Gasteiger partial charge in [0, 0.05) is 24.6 Å². The van der Waals surface area contributed by atoms with E-state index in [0.29, 0.717) is 24.4 Å². The minimum absolute atomic E-state index is 0.0215. The van der Waals surface area contributed by atoms with Gasteiger partial charge in [0.05, 0.1) is 13.2 Å². The van der Waals surface area contributed by atoms with Crippen molar-refractivity contribution in [3.63, 3.8) is 0 Å². The molecular weight excluding hydrogens is 424 g/mol. The maximum Gasteiger partial charge on any atom is 0.260 e. The molecule has 8 heteroatoms. The molecule has 0 bridgehead atoms. The molecule has 1 N–H and O–H groups in total. The summed E-state index contributed by atoms with van der Waals surface area (Å²) in [4.78, 5) is 13.9. The summed E-state index contributed by atoms with van der Waals surface area (Å²) < 4.78 is 61.3. The van der Waals surface area contributed by atoms with Crippen LogP contribution < -0.4 is 10.1 Å². The predicted molar refractivity (Wildman–Crippen MR) is 113 cm³/mol. The van der Waals surface area contributed by atoms with Crippen LogP contribution in [0.1, 0.15) is 62.2 Å². The number of hydrogen-bond acceptors (Lipinski definition) is 3. The molecule has 2 saturated carbocycles. The van der Waals surface area contributed by atoms with Crippen LogP contribution in [-0.2, 0) is 0 Å². The van der Waals surface area contributed by atoms with Gasteiger partial charge in [-0.2, -0.15) is 0 Å². The number of likely N-dealkylation sites (tertiary alicyclic amines) is 1. The molecule has 4 nitrogen and oxygen atoms in total. The van der Waals surface area contributed by atoms with Gasteiger partial charge in [-0.05, 0) is 69.4 Å². The Morgan fingerprint density at radius 1 is 1.16 bits per heavy atom. The monoisotopic (exact) mass is 456 g/mol. The molecule has 0 aromatic heterocycles. The smallest absolute Gasteiger partial charge is 0.260 e. The maximum atomic E-state index is 14.3. The minimum atomic E-state index is -2.61. The van der Waals surface area contributed by atoms with Crippen LogP contribution in [0.3, 0.4) is 0 Å². The van der Waals surface area contributed by atoms with Crippen LogP contribution in [0, 0.1) is 29.4 Å². The Hall–Kier alpha value is -1.83. The fraction of sp³-hybridized carbons (Fsp3) is 0.708. The normalized spacial score (nSPS) is 24.4. The van der Waals surface area contributed by atoms with Gasteiger partial charge in [-0.3, -0.25) is 9.69 Å². The van der Waals surface area contributed by atoms with Crippen molar-refractivity contribution < 1.29 is 27.1 Å². The first kappa shape index (κ1) is 23.3. The Bertz CT molecular complexity index is 799. The first-order chi connectivity index (χ1) is 15.3. The number of benzene rings is 1. The topological polar surface area (TPSA) is 41.6 Å². The molecule has 3 fully saturated rings. The lowest BCUT2D eigenvalue weighted by molar-refractivity contribution is -0.0424. The maximum absolute atomic E-state index is 14.3. The molecule has 2 atom stereocenters. The van der Waals surface area contributed by atoms with E-state index in [1.165, 1.54) is 6.92 Å². The summed E-state index contributed by atoms with van der Waals surface area (Å²) in [5, 5.41) is 2.59. The molecule has 1 aromatic carbocycles. The number of alkyl halides is 2. The van der Waals surface area contributed by atoms with Crippen molar-refractivity contribution in [3.05, 3.63) is 29.3 Å². The van der Waals surface area contributed by atoms with Crippen molar-refractivity contribution in [2.24, 2.45) is 17.8 Å². The highest BCUT2D eigenvalue weighted by Crippen LogP contribution is 2.49. The van der Waals surface area contributed by atoms with Crippen molar-refractivity contribution in [2.75, 3.05) is 26.2 Å². The number of carbonyl (C=O) groups excluding carboxylic acids is 1. The van der Waals surface area contributed by atoms with Crippen LogP contribution in [0.5, 0.6) is 5.75 Å². The number of carbonyl (C=O) groups is 1. The van der Waals surface area contributed by atoms with Crippen molar-refractivity contribution in [3.8, 4) is 5.75 Å². The summed E-state index contributed by atoms with van der Waals surface area (Å²) in [6.07, 6.45) is 5.35. The second kappa shape index (κ2) is 9.57. The van der Waals surface area contributed by atoms with Crippen LogP contribution in [0.4, 0.5) is 17.6 Å². The molecule has 1 unspecified atom stereocenters. The molecule has 3 aliphatic rings. The second-order valence-corrected chi connectivity index (χ2v) is 9.63. The quantitative estimate of drug-likeness (QED) is 0.503. The Labute approximate surface area is 186 Å². The molecule has 1 amide bonds. The molecule has 0 radical (unpaired) electrons. The summed E-state index contributed by atoms with van der Waals surface area (Å²) in [6, 6.07) is 2.15. The largest absolute Gasteiger partial charge is 0.493 e. The molecule has 2 aliphatic carbocycles. The van der Waals surface area contributed by atoms with Gasteiger partial charge in [-0.15, -0.1) is 0 Å². The Balaban J connectivity index is 1.18. The fourth-order valence-electron chi connectivity index (χ4n) is 4.82. The summed E-state index contributed by atoms with van der Waals surface area (Å²) >= 11 is 0. The molecule has 1 saturated heterocycles. The van der Waals surface area contributed by atoms with Gasteiger partial charge in [0.15, 0.2) is 0 Å². The highest BCUT2D eigenvalue weighted by Gasteiger charge is 2.43. The van der Waals surface area contributed by atoms with Gasteiger partial charge in [-0.25, -0.2) is 17.6 Å². The molecule has 0 spiro atoms. The van der Waals surface area contributed by atoms with Crippen LogP contribution in [0.2, 0.25) is 0 Å². The molecule has 1 heterocycles. The standard InChI is InChI=1S/C24H32F4N2O2/c1-2-24(27,28)14-30-8-5-15(6-9-30)19-11-16(19)7-10-32-18-12-20(25)22(21(26)13-18)23(31)29-17-3-4-17/h12-13,15-17,19H,2-11,14H2,1H3,(H,29,31)/t16?,19-/m1/s1. The molecule has 1 aromatic rings. The van der Waals surface area contributed by atoms with E-state index in [4.69, 9.17) is 4.74 Å². The average molecular weight is 457 g/mol. The highest BCUT2D eigenvalue weighted by molar-refractivity contribution is 5.95. The van der Waals surface area contributed by atoms with Crippen LogP contribution in [-0.4, -0.2) is 49.0 Å². The second-order valence-electron chi connectivity index (χ2n) is 9.63. The number of amides is 1. The van der Waals surface area contributed by atoms with E-state index in [-0.39, 0.29) is 24.8 Å². The molecule has 4 rings (SSSR count). The predicted octanol–water partition coefficient (Wildman–Crippen LogP) is 5.02. The van der Waals surface area contributed by atoms with Crippen molar-refractivity contribution in [2.45, 2.75) is 63.8 Å². The first-order valence-corrected chi connectivity index (χ1v) is 11.8. The summed E-state index contributed by atoms with van der Waals surface area (Å²) in [5.74, 6) is -3.40. The third-order valence-corrected chi connectivity index (χ3v) is 7.10. The third kappa shape index (κ3) is 5.94. The van der Waals surface area contributed by atoms with Gasteiger partial charge in [-0.1, -0.05) is 6.92 Å². The van der Waals surface area contributed by atoms with Gasteiger partial charge in [0.2, 0.25) is 0 Å². The SMILES string of the molecule is CCC(F)(F)CN1CCC([C@H]2CC2CCOc2cc(F)c(C(=O)NC3CC3)c(F)c2)CC1. The van der Waals surface area contributed by atoms with Gasteiger partial charge in [0.25, 0.3) is 11.8 Å². The third-order valence-electron chi connectivity index (χ3n) is 7.10. The minimum Gasteiger partial charge on any atom is -0.493 e. The zero-order chi connectivity index (χ0) is 22.9. The Kier molecular flexibility index (Phi) is 6.98. The zero-order valence-corrected chi connectivity index (χ0v) is 18.5. The first-order valence-electron chi connectivity index (χ1n) is 11.8. The summed E-state index contributed by atoms with van der Waals surface area (Å²) in [7, 11) is 0. The highest BCUT2D eigenvalue weighted by atomic mass is 19.3.